The first-order valence-electron chi connectivity index (χ1n) is 8.66. The number of amides is 1. The molecule has 0 aliphatic heterocycles. The number of ether oxygens (including phenoxy) is 1. The molecule has 28 heavy (non-hydrogen) atoms. The maximum Gasteiger partial charge on any atom is 0.255 e. The van der Waals surface area contributed by atoms with E-state index < -0.39 is 5.82 Å². The van der Waals surface area contributed by atoms with Crippen molar-refractivity contribution in [1.29, 1.82) is 0 Å². The van der Waals surface area contributed by atoms with E-state index in [0.29, 0.717) is 22.7 Å². The summed E-state index contributed by atoms with van der Waals surface area (Å²) < 4.78 is 19.5. The summed E-state index contributed by atoms with van der Waals surface area (Å²) >= 11 is 0. The molecule has 0 unspecified atom stereocenters. The summed E-state index contributed by atoms with van der Waals surface area (Å²) in [6.07, 6.45) is 4.46. The van der Waals surface area contributed by atoms with Gasteiger partial charge in [-0.05, 0) is 41.1 Å². The Kier molecular flexibility index (Phi) is 4.93. The quantitative estimate of drug-likeness (QED) is 0.555. The van der Waals surface area contributed by atoms with Gasteiger partial charge in [0.25, 0.3) is 5.91 Å². The number of hydrogen-bond acceptors (Lipinski definition) is 4. The standard InChI is InChI=1S/C22H16FN3O2/c23-20-8-7-19(12-18(20)14-28-21-13-24-9-10-25-21)26-22(27)17-6-5-15-3-1-2-4-16(15)11-17/h1-13H,14H2,(H,26,27). The summed E-state index contributed by atoms with van der Waals surface area (Å²) in [6, 6.07) is 17.7. The van der Waals surface area contributed by atoms with Gasteiger partial charge < -0.3 is 10.1 Å². The van der Waals surface area contributed by atoms with Crippen LogP contribution in [0.3, 0.4) is 0 Å². The Hall–Kier alpha value is -3.80. The van der Waals surface area contributed by atoms with Crippen LogP contribution in [0, 0.1) is 5.82 Å². The first-order valence-corrected chi connectivity index (χ1v) is 8.66. The van der Waals surface area contributed by atoms with Crippen LogP contribution >= 0.6 is 0 Å². The molecule has 0 bridgehead atoms. The molecule has 0 aliphatic carbocycles. The molecule has 5 nitrogen and oxygen atoms in total. The molecular formula is C22H16FN3O2. The van der Waals surface area contributed by atoms with Gasteiger partial charge in [-0.25, -0.2) is 9.37 Å². The highest BCUT2D eigenvalue weighted by Crippen LogP contribution is 2.19. The molecule has 3 aromatic carbocycles. The molecule has 1 heterocycles. The number of aromatic nitrogens is 2. The molecule has 0 fully saturated rings. The molecule has 1 aromatic heterocycles. The first-order chi connectivity index (χ1) is 13.7. The zero-order valence-electron chi connectivity index (χ0n) is 14.8. The minimum Gasteiger partial charge on any atom is -0.472 e. The molecule has 4 aromatic rings. The zero-order valence-corrected chi connectivity index (χ0v) is 14.8. The van der Waals surface area contributed by atoms with E-state index in [9.17, 15) is 9.18 Å². The van der Waals surface area contributed by atoms with Gasteiger partial charge in [0.15, 0.2) is 0 Å². The van der Waals surface area contributed by atoms with Crippen molar-refractivity contribution in [2.24, 2.45) is 0 Å². The first kappa shape index (κ1) is 17.6. The Morgan fingerprint density at radius 3 is 2.68 bits per heavy atom. The number of hydrogen-bond donors (Lipinski definition) is 1. The lowest BCUT2D eigenvalue weighted by Crippen LogP contribution is -2.12. The lowest BCUT2D eigenvalue weighted by molar-refractivity contribution is 0.102. The topological polar surface area (TPSA) is 64.1 Å². The van der Waals surface area contributed by atoms with Gasteiger partial charge in [-0.2, -0.15) is 0 Å². The van der Waals surface area contributed by atoms with E-state index in [-0.39, 0.29) is 12.5 Å². The van der Waals surface area contributed by atoms with Gasteiger partial charge in [-0.3, -0.25) is 9.78 Å². The van der Waals surface area contributed by atoms with Crippen LogP contribution in [0.1, 0.15) is 15.9 Å². The van der Waals surface area contributed by atoms with Crippen molar-refractivity contribution < 1.29 is 13.9 Å². The second-order valence-electron chi connectivity index (χ2n) is 6.15. The predicted molar refractivity (Wildman–Crippen MR) is 105 cm³/mol. The second kappa shape index (κ2) is 7.84. The van der Waals surface area contributed by atoms with Crippen LogP contribution in [0.15, 0.2) is 79.3 Å². The maximum absolute atomic E-state index is 14.1. The average Bonchev–Trinajstić information content (AvgIpc) is 2.74. The van der Waals surface area contributed by atoms with Crippen LogP contribution in [-0.2, 0) is 6.61 Å². The minimum absolute atomic E-state index is 0.0236. The van der Waals surface area contributed by atoms with E-state index in [1.807, 2.05) is 36.4 Å². The fourth-order valence-electron chi connectivity index (χ4n) is 2.81. The van der Waals surface area contributed by atoms with Crippen LogP contribution in [0.2, 0.25) is 0 Å². The van der Waals surface area contributed by atoms with E-state index >= 15 is 0 Å². The number of nitrogens with zero attached hydrogens (tertiary/aromatic N) is 2. The van der Waals surface area contributed by atoms with E-state index in [0.717, 1.165) is 10.8 Å². The Morgan fingerprint density at radius 2 is 1.86 bits per heavy atom. The summed E-state index contributed by atoms with van der Waals surface area (Å²) in [5.41, 5.74) is 1.32. The van der Waals surface area contributed by atoms with Crippen molar-refractivity contribution in [2.45, 2.75) is 6.61 Å². The van der Waals surface area contributed by atoms with Crippen molar-refractivity contribution in [3.05, 3.63) is 96.2 Å². The van der Waals surface area contributed by atoms with Crippen molar-refractivity contribution in [1.82, 2.24) is 9.97 Å². The van der Waals surface area contributed by atoms with E-state index in [1.54, 1.807) is 12.1 Å². The highest BCUT2D eigenvalue weighted by atomic mass is 19.1. The number of fused-ring (bicyclic) bond motifs is 1. The lowest BCUT2D eigenvalue weighted by Gasteiger charge is -2.10. The molecule has 4 rings (SSSR count). The summed E-state index contributed by atoms with van der Waals surface area (Å²) in [6.45, 7) is -0.0236. The van der Waals surface area contributed by atoms with Gasteiger partial charge in [0.2, 0.25) is 5.88 Å². The van der Waals surface area contributed by atoms with Crippen LogP contribution in [0.5, 0.6) is 5.88 Å². The van der Waals surface area contributed by atoms with Gasteiger partial charge in [-0.1, -0.05) is 30.3 Å². The average molecular weight is 373 g/mol. The highest BCUT2D eigenvalue weighted by Gasteiger charge is 2.10. The van der Waals surface area contributed by atoms with Gasteiger partial charge in [-0.15, -0.1) is 0 Å². The Bertz CT molecular complexity index is 1130. The lowest BCUT2D eigenvalue weighted by atomic mass is 10.1. The molecule has 1 N–H and O–H groups in total. The molecule has 0 atom stereocenters. The minimum atomic E-state index is -0.424. The molecular weight excluding hydrogens is 357 g/mol. The molecule has 0 aliphatic rings. The third kappa shape index (κ3) is 3.96. The molecule has 1 amide bonds. The number of benzene rings is 3. The smallest absolute Gasteiger partial charge is 0.255 e. The number of anilines is 1. The van der Waals surface area contributed by atoms with Crippen molar-refractivity contribution in [3.63, 3.8) is 0 Å². The molecule has 0 saturated carbocycles. The van der Waals surface area contributed by atoms with Crippen molar-refractivity contribution in [3.8, 4) is 5.88 Å². The van der Waals surface area contributed by atoms with Gasteiger partial charge in [0.05, 0.1) is 6.20 Å². The SMILES string of the molecule is O=C(Nc1ccc(F)c(COc2cnccn2)c1)c1ccc2ccccc2c1. The highest BCUT2D eigenvalue weighted by molar-refractivity contribution is 6.06. The molecule has 0 radical (unpaired) electrons. The second-order valence-corrected chi connectivity index (χ2v) is 6.15. The van der Waals surface area contributed by atoms with Crippen LogP contribution in [-0.4, -0.2) is 15.9 Å². The third-order valence-corrected chi connectivity index (χ3v) is 4.23. The van der Waals surface area contributed by atoms with Crippen LogP contribution in [0.4, 0.5) is 10.1 Å². The van der Waals surface area contributed by atoms with Crippen molar-refractivity contribution >= 4 is 22.4 Å². The number of nitrogens with one attached hydrogen (secondary N) is 1. The largest absolute Gasteiger partial charge is 0.472 e. The number of carbonyl (C=O) groups excluding carboxylic acids is 1. The third-order valence-electron chi connectivity index (χ3n) is 4.23. The number of rotatable bonds is 5. The maximum atomic E-state index is 14.1. The molecule has 0 saturated heterocycles. The van der Waals surface area contributed by atoms with Crippen LogP contribution in [0.25, 0.3) is 10.8 Å². The fourth-order valence-corrected chi connectivity index (χ4v) is 2.81. The summed E-state index contributed by atoms with van der Waals surface area (Å²) in [5.74, 6) is -0.391. The van der Waals surface area contributed by atoms with Gasteiger partial charge in [0.1, 0.15) is 12.4 Å². The number of carbonyl (C=O) groups is 1. The summed E-state index contributed by atoms with van der Waals surface area (Å²) in [4.78, 5) is 20.5. The van der Waals surface area contributed by atoms with Crippen LogP contribution < -0.4 is 10.1 Å². The predicted octanol–water partition coefficient (Wildman–Crippen LogP) is 4.60. The molecule has 138 valence electrons. The molecule has 0 spiro atoms. The Balaban J connectivity index is 1.50. The molecule has 6 heteroatoms. The summed E-state index contributed by atoms with van der Waals surface area (Å²) in [5, 5.41) is 4.84. The van der Waals surface area contributed by atoms with Gasteiger partial charge in [0, 0.05) is 29.2 Å². The van der Waals surface area contributed by atoms with Gasteiger partial charge >= 0.3 is 0 Å². The Labute approximate surface area is 160 Å². The van der Waals surface area contributed by atoms with Crippen molar-refractivity contribution in [2.75, 3.05) is 5.32 Å². The van der Waals surface area contributed by atoms with E-state index in [4.69, 9.17) is 4.74 Å². The fraction of sp³-hybridized carbons (Fsp3) is 0.0455. The van der Waals surface area contributed by atoms with E-state index in [1.165, 1.54) is 30.7 Å². The zero-order chi connectivity index (χ0) is 19.3. The Morgan fingerprint density at radius 1 is 1.00 bits per heavy atom. The monoisotopic (exact) mass is 373 g/mol. The number of halogens is 1. The summed E-state index contributed by atoms with van der Waals surface area (Å²) in [7, 11) is 0. The van der Waals surface area contributed by atoms with E-state index in [2.05, 4.69) is 15.3 Å². The normalized spacial score (nSPS) is 10.6.